The van der Waals surface area contributed by atoms with Crippen molar-refractivity contribution in [3.63, 3.8) is 0 Å². The lowest BCUT2D eigenvalue weighted by atomic mass is 9.46. The van der Waals surface area contributed by atoms with Gasteiger partial charge in [0.25, 0.3) is 0 Å². The van der Waals surface area contributed by atoms with E-state index in [4.69, 9.17) is 9.47 Å². The van der Waals surface area contributed by atoms with Crippen molar-refractivity contribution in [2.45, 2.75) is 83.7 Å². The van der Waals surface area contributed by atoms with Gasteiger partial charge in [0.1, 0.15) is 0 Å². The van der Waals surface area contributed by atoms with Gasteiger partial charge in [-0.05, 0) is 62.2 Å². The number of hydrogen-bond donors (Lipinski definition) is 2. The predicted molar refractivity (Wildman–Crippen MR) is 120 cm³/mol. The zero-order chi connectivity index (χ0) is 23.1. The van der Waals surface area contributed by atoms with Crippen molar-refractivity contribution in [1.29, 1.82) is 0 Å². The molecule has 0 bridgehead atoms. The van der Waals surface area contributed by atoms with Gasteiger partial charge in [-0.15, -0.1) is 0 Å². The van der Waals surface area contributed by atoms with Crippen LogP contribution in [0.3, 0.4) is 0 Å². The second-order valence-corrected chi connectivity index (χ2v) is 12.8. The van der Waals surface area contributed by atoms with Crippen LogP contribution in [0.25, 0.3) is 0 Å². The van der Waals surface area contributed by atoms with E-state index in [1.165, 1.54) is 6.42 Å². The lowest BCUT2D eigenvalue weighted by Gasteiger charge is -2.63. The number of rotatable bonds is 5. The average molecular weight is 473 g/mol. The van der Waals surface area contributed by atoms with Crippen LogP contribution in [0, 0.1) is 22.7 Å². The molecule has 0 radical (unpaired) electrons. The Morgan fingerprint density at radius 1 is 1.12 bits per heavy atom. The van der Waals surface area contributed by atoms with Gasteiger partial charge < -0.3 is 19.5 Å². The van der Waals surface area contributed by atoms with Crippen molar-refractivity contribution in [3.05, 3.63) is 0 Å². The molecule has 4 rings (SSSR count). The Morgan fingerprint density at radius 3 is 2.53 bits per heavy atom. The molecule has 0 aromatic carbocycles. The van der Waals surface area contributed by atoms with Crippen molar-refractivity contribution in [1.82, 2.24) is 9.62 Å². The van der Waals surface area contributed by atoms with E-state index in [0.717, 1.165) is 51.4 Å². The fourth-order valence-corrected chi connectivity index (χ4v) is 7.51. The number of aliphatic hydroxyl groups excluding tert-OH is 1. The Balaban J connectivity index is 1.47. The zero-order valence-corrected chi connectivity index (χ0v) is 20.5. The van der Waals surface area contributed by atoms with E-state index in [1.54, 1.807) is 0 Å². The molecule has 7 atom stereocenters. The summed E-state index contributed by atoms with van der Waals surface area (Å²) in [4.78, 5) is 15.1. The SMILES string of the molecule is CC12COC(CNS(C)(=O)=O)OC1CCC1(C)C(CC(=O)N3CCCCC3)C(O)CCC21. The van der Waals surface area contributed by atoms with Gasteiger partial charge in [0, 0.05) is 24.9 Å². The Labute approximate surface area is 192 Å². The molecule has 2 N–H and O–H groups in total. The van der Waals surface area contributed by atoms with Gasteiger partial charge >= 0.3 is 0 Å². The molecule has 8 nitrogen and oxygen atoms in total. The van der Waals surface area contributed by atoms with Crippen LogP contribution < -0.4 is 4.72 Å². The first kappa shape index (κ1) is 24.4. The monoisotopic (exact) mass is 472 g/mol. The van der Waals surface area contributed by atoms with Crippen molar-refractivity contribution >= 4 is 15.9 Å². The number of nitrogens with one attached hydrogen (secondary N) is 1. The largest absolute Gasteiger partial charge is 0.393 e. The van der Waals surface area contributed by atoms with E-state index in [0.29, 0.717) is 19.4 Å². The molecule has 4 aliphatic rings. The quantitative estimate of drug-likeness (QED) is 0.633. The number of carbonyl (C=O) groups excluding carboxylic acids is 1. The highest BCUT2D eigenvalue weighted by molar-refractivity contribution is 7.88. The fourth-order valence-electron chi connectivity index (χ4n) is 7.07. The van der Waals surface area contributed by atoms with Gasteiger partial charge in [0.05, 0.1) is 31.6 Å². The molecule has 0 aromatic heterocycles. The number of nitrogens with zero attached hydrogens (tertiary/aromatic N) is 1. The van der Waals surface area contributed by atoms with Crippen LogP contribution in [0.2, 0.25) is 0 Å². The molecular formula is C23H40N2O6S. The maximum atomic E-state index is 13.1. The first-order chi connectivity index (χ1) is 15.0. The van der Waals surface area contributed by atoms with Gasteiger partial charge in [0.2, 0.25) is 15.9 Å². The summed E-state index contributed by atoms with van der Waals surface area (Å²) in [6.45, 7) is 6.75. The summed E-state index contributed by atoms with van der Waals surface area (Å²) in [5.74, 6) is 0.407. The average Bonchev–Trinajstić information content (AvgIpc) is 2.74. The molecule has 32 heavy (non-hydrogen) atoms. The number of carbonyl (C=O) groups is 1. The highest BCUT2D eigenvalue weighted by Gasteiger charge is 2.61. The fraction of sp³-hybridized carbons (Fsp3) is 0.957. The number of hydrogen-bond acceptors (Lipinski definition) is 6. The minimum atomic E-state index is -3.30. The summed E-state index contributed by atoms with van der Waals surface area (Å²) < 4.78 is 37.6. The lowest BCUT2D eigenvalue weighted by molar-refractivity contribution is -0.306. The Bertz CT molecular complexity index is 800. The molecule has 184 valence electrons. The van der Waals surface area contributed by atoms with Crippen LogP contribution in [-0.2, 0) is 24.3 Å². The predicted octanol–water partition coefficient (Wildman–Crippen LogP) is 1.87. The first-order valence-electron chi connectivity index (χ1n) is 12.2. The molecule has 7 unspecified atom stereocenters. The summed E-state index contributed by atoms with van der Waals surface area (Å²) in [7, 11) is -3.30. The topological polar surface area (TPSA) is 105 Å². The van der Waals surface area contributed by atoms with E-state index in [2.05, 4.69) is 18.6 Å². The van der Waals surface area contributed by atoms with Crippen LogP contribution in [0.15, 0.2) is 0 Å². The molecule has 0 aromatic rings. The third-order valence-electron chi connectivity index (χ3n) is 8.85. The molecule has 2 heterocycles. The second-order valence-electron chi connectivity index (χ2n) is 11.0. The lowest BCUT2D eigenvalue weighted by Crippen LogP contribution is -2.63. The summed E-state index contributed by atoms with van der Waals surface area (Å²) in [5, 5.41) is 11.0. The molecule has 4 fully saturated rings. The minimum Gasteiger partial charge on any atom is -0.393 e. The highest BCUT2D eigenvalue weighted by atomic mass is 32.2. The molecule has 1 amide bonds. The van der Waals surface area contributed by atoms with Crippen molar-refractivity contribution in [2.24, 2.45) is 22.7 Å². The van der Waals surface area contributed by atoms with Crippen LogP contribution >= 0.6 is 0 Å². The van der Waals surface area contributed by atoms with Crippen LogP contribution in [0.4, 0.5) is 0 Å². The third kappa shape index (κ3) is 4.73. The Hall–Kier alpha value is -0.740. The van der Waals surface area contributed by atoms with Crippen LogP contribution in [-0.4, -0.2) is 75.3 Å². The number of sulfonamides is 1. The summed E-state index contributed by atoms with van der Waals surface area (Å²) in [6.07, 6.45) is 7.11. The van der Waals surface area contributed by atoms with Crippen LogP contribution in [0.5, 0.6) is 0 Å². The first-order valence-corrected chi connectivity index (χ1v) is 14.1. The van der Waals surface area contributed by atoms with E-state index in [9.17, 15) is 18.3 Å². The normalized spacial score (nSPS) is 42.8. The van der Waals surface area contributed by atoms with Crippen LogP contribution in [0.1, 0.15) is 65.2 Å². The number of fused-ring (bicyclic) bond motifs is 3. The van der Waals surface area contributed by atoms with E-state index in [1.807, 2.05) is 4.90 Å². The zero-order valence-electron chi connectivity index (χ0n) is 19.7. The molecule has 0 spiro atoms. The van der Waals surface area contributed by atoms with E-state index < -0.39 is 22.4 Å². The maximum absolute atomic E-state index is 13.1. The number of ether oxygens (including phenoxy) is 2. The van der Waals surface area contributed by atoms with Crippen molar-refractivity contribution in [3.8, 4) is 0 Å². The molecule has 2 saturated heterocycles. The highest BCUT2D eigenvalue weighted by Crippen LogP contribution is 2.62. The minimum absolute atomic E-state index is 0.0191. The van der Waals surface area contributed by atoms with E-state index >= 15 is 0 Å². The molecule has 9 heteroatoms. The molecule has 2 saturated carbocycles. The number of amides is 1. The molecular weight excluding hydrogens is 432 g/mol. The molecule has 2 aliphatic carbocycles. The van der Waals surface area contributed by atoms with Gasteiger partial charge in [0.15, 0.2) is 6.29 Å². The summed E-state index contributed by atoms with van der Waals surface area (Å²) in [5.41, 5.74) is -0.375. The second kappa shape index (κ2) is 9.13. The van der Waals surface area contributed by atoms with Gasteiger partial charge in [-0.3, -0.25) is 4.79 Å². The number of piperidine rings is 1. The smallest absolute Gasteiger partial charge is 0.222 e. The van der Waals surface area contributed by atoms with Gasteiger partial charge in [-0.2, -0.15) is 0 Å². The number of likely N-dealkylation sites (tertiary alicyclic amines) is 1. The van der Waals surface area contributed by atoms with Crippen molar-refractivity contribution in [2.75, 3.05) is 32.5 Å². The standard InChI is InChI=1S/C23H40N2O6S/c1-22-10-9-19-23(2,15-30-21(31-19)14-24-32(3,28)29)18(22)8-7-17(26)16(22)13-20(27)25-11-5-4-6-12-25/h16-19,21,24,26H,4-15H2,1-3H3. The van der Waals surface area contributed by atoms with Crippen molar-refractivity contribution < 1.29 is 27.8 Å². The van der Waals surface area contributed by atoms with Gasteiger partial charge in [-0.1, -0.05) is 13.8 Å². The Kier molecular flexibility index (Phi) is 6.96. The third-order valence-corrected chi connectivity index (χ3v) is 9.54. The summed E-state index contributed by atoms with van der Waals surface area (Å²) in [6, 6.07) is 0. The Morgan fingerprint density at radius 2 is 1.84 bits per heavy atom. The molecule has 2 aliphatic heterocycles. The van der Waals surface area contributed by atoms with Gasteiger partial charge in [-0.25, -0.2) is 13.1 Å². The number of aliphatic hydroxyl groups is 1. The maximum Gasteiger partial charge on any atom is 0.222 e. The van der Waals surface area contributed by atoms with E-state index in [-0.39, 0.29) is 41.2 Å². The summed E-state index contributed by atoms with van der Waals surface area (Å²) >= 11 is 0.